The number of benzene rings is 1. The lowest BCUT2D eigenvalue weighted by Gasteiger charge is -1.96. The van der Waals surface area contributed by atoms with E-state index in [-0.39, 0.29) is 0 Å². The fraction of sp³-hybridized carbons (Fsp3) is 0.100. The van der Waals surface area contributed by atoms with Gasteiger partial charge >= 0.3 is 0 Å². The van der Waals surface area contributed by atoms with Gasteiger partial charge in [-0.05, 0) is 6.92 Å². The zero-order valence-corrected chi connectivity index (χ0v) is 8.69. The van der Waals surface area contributed by atoms with E-state index in [2.05, 4.69) is 36.2 Å². The van der Waals surface area contributed by atoms with Crippen molar-refractivity contribution in [1.82, 2.24) is 4.98 Å². The van der Waals surface area contributed by atoms with E-state index in [1.54, 1.807) is 0 Å². The molecule has 66 valence electrons. The van der Waals surface area contributed by atoms with Gasteiger partial charge in [0.15, 0.2) is 4.47 Å². The van der Waals surface area contributed by atoms with Gasteiger partial charge in [0.1, 0.15) is 0 Å². The highest BCUT2D eigenvalue weighted by atomic mass is 35.5. The molecule has 0 radical (unpaired) electrons. The van der Waals surface area contributed by atoms with Crippen LogP contribution in [0.4, 0.5) is 0 Å². The Labute approximate surface area is 86.0 Å². The van der Waals surface area contributed by atoms with Gasteiger partial charge in [-0.15, -0.1) is 11.3 Å². The summed E-state index contributed by atoms with van der Waals surface area (Å²) >= 11 is 7.21. The number of halogens is 1. The van der Waals surface area contributed by atoms with E-state index in [1.807, 2.05) is 5.38 Å². The van der Waals surface area contributed by atoms with Crippen molar-refractivity contribution in [3.05, 3.63) is 39.7 Å². The topological polar surface area (TPSA) is 12.9 Å². The first-order valence-corrected chi connectivity index (χ1v) is 5.19. The van der Waals surface area contributed by atoms with Crippen molar-refractivity contribution in [2.45, 2.75) is 6.92 Å². The third kappa shape index (κ3) is 1.90. The van der Waals surface area contributed by atoms with Crippen LogP contribution in [0.2, 0.25) is 4.47 Å². The highest BCUT2D eigenvalue weighted by Gasteiger charge is 2.01. The lowest BCUT2D eigenvalue weighted by atomic mass is 10.1. The van der Waals surface area contributed by atoms with Crippen LogP contribution in [-0.2, 0) is 0 Å². The third-order valence-electron chi connectivity index (χ3n) is 1.82. The van der Waals surface area contributed by atoms with Crippen LogP contribution in [-0.4, -0.2) is 4.98 Å². The Balaban J connectivity index is 2.41. The van der Waals surface area contributed by atoms with Crippen molar-refractivity contribution >= 4 is 22.9 Å². The second kappa shape index (κ2) is 3.48. The van der Waals surface area contributed by atoms with Gasteiger partial charge in [0.25, 0.3) is 0 Å². The monoisotopic (exact) mass is 209 g/mol. The van der Waals surface area contributed by atoms with Gasteiger partial charge in [-0.2, -0.15) is 0 Å². The van der Waals surface area contributed by atoms with Crippen molar-refractivity contribution in [3.63, 3.8) is 0 Å². The summed E-state index contributed by atoms with van der Waals surface area (Å²) in [6.45, 7) is 2.07. The predicted octanol–water partition coefficient (Wildman–Crippen LogP) is 3.77. The SMILES string of the molecule is Cc1ccc(-c2csc(Cl)n2)cc1. The summed E-state index contributed by atoms with van der Waals surface area (Å²) in [6.07, 6.45) is 0. The minimum atomic E-state index is 0.593. The molecule has 13 heavy (non-hydrogen) atoms. The number of nitrogens with zero attached hydrogens (tertiary/aromatic N) is 1. The normalized spacial score (nSPS) is 10.3. The molecule has 0 aliphatic heterocycles. The van der Waals surface area contributed by atoms with Crippen molar-refractivity contribution in [1.29, 1.82) is 0 Å². The molecule has 0 aliphatic carbocycles. The first kappa shape index (κ1) is 8.73. The molecule has 0 N–H and O–H groups in total. The van der Waals surface area contributed by atoms with Crippen molar-refractivity contribution in [3.8, 4) is 11.3 Å². The van der Waals surface area contributed by atoms with Gasteiger partial charge in [0.05, 0.1) is 5.69 Å². The average Bonchev–Trinajstić information content (AvgIpc) is 2.53. The zero-order valence-electron chi connectivity index (χ0n) is 7.12. The van der Waals surface area contributed by atoms with Crippen LogP contribution in [0.1, 0.15) is 5.56 Å². The zero-order chi connectivity index (χ0) is 9.26. The number of aromatic nitrogens is 1. The fourth-order valence-corrected chi connectivity index (χ4v) is 1.88. The highest BCUT2D eigenvalue weighted by molar-refractivity contribution is 7.14. The molecular weight excluding hydrogens is 202 g/mol. The van der Waals surface area contributed by atoms with E-state index in [0.29, 0.717) is 4.47 Å². The maximum Gasteiger partial charge on any atom is 0.184 e. The van der Waals surface area contributed by atoms with Crippen LogP contribution in [0.3, 0.4) is 0 Å². The van der Waals surface area contributed by atoms with Crippen LogP contribution < -0.4 is 0 Å². The lowest BCUT2D eigenvalue weighted by Crippen LogP contribution is -1.77. The Morgan fingerprint density at radius 1 is 1.23 bits per heavy atom. The number of aryl methyl sites for hydroxylation is 1. The van der Waals surface area contributed by atoms with E-state index >= 15 is 0 Å². The first-order valence-electron chi connectivity index (χ1n) is 3.94. The Hall–Kier alpha value is -0.860. The Bertz CT molecular complexity index is 405. The fourth-order valence-electron chi connectivity index (χ4n) is 1.11. The van der Waals surface area contributed by atoms with Gasteiger partial charge in [-0.25, -0.2) is 4.98 Å². The van der Waals surface area contributed by atoms with E-state index in [1.165, 1.54) is 16.9 Å². The molecule has 1 aromatic heterocycles. The van der Waals surface area contributed by atoms with Crippen LogP contribution in [0.25, 0.3) is 11.3 Å². The molecule has 3 heteroatoms. The largest absolute Gasteiger partial charge is 0.225 e. The third-order valence-corrected chi connectivity index (χ3v) is 2.80. The Morgan fingerprint density at radius 3 is 2.46 bits per heavy atom. The van der Waals surface area contributed by atoms with Gasteiger partial charge < -0.3 is 0 Å². The van der Waals surface area contributed by atoms with Gasteiger partial charge in [0.2, 0.25) is 0 Å². The molecule has 0 fully saturated rings. The molecule has 0 saturated heterocycles. The molecule has 1 nitrogen and oxygen atoms in total. The van der Waals surface area contributed by atoms with Crippen LogP contribution in [0.5, 0.6) is 0 Å². The van der Waals surface area contributed by atoms with E-state index < -0.39 is 0 Å². The Kier molecular flexibility index (Phi) is 2.34. The maximum atomic E-state index is 5.75. The molecule has 1 aromatic carbocycles. The summed E-state index contributed by atoms with van der Waals surface area (Å²) in [5, 5.41) is 1.97. The van der Waals surface area contributed by atoms with Crippen LogP contribution >= 0.6 is 22.9 Å². The summed E-state index contributed by atoms with van der Waals surface area (Å²) < 4.78 is 0.593. The molecular formula is C10H8ClNS. The summed E-state index contributed by atoms with van der Waals surface area (Å²) in [5.74, 6) is 0. The number of thiazole rings is 1. The minimum absolute atomic E-state index is 0.593. The molecule has 0 spiro atoms. The highest BCUT2D eigenvalue weighted by Crippen LogP contribution is 2.24. The summed E-state index contributed by atoms with van der Waals surface area (Å²) in [5.41, 5.74) is 3.33. The summed E-state index contributed by atoms with van der Waals surface area (Å²) in [6, 6.07) is 8.26. The average molecular weight is 210 g/mol. The van der Waals surface area contributed by atoms with Gasteiger partial charge in [0, 0.05) is 10.9 Å². The number of hydrogen-bond donors (Lipinski definition) is 0. The second-order valence-electron chi connectivity index (χ2n) is 2.85. The smallest absolute Gasteiger partial charge is 0.184 e. The van der Waals surface area contributed by atoms with Gasteiger partial charge in [-0.3, -0.25) is 0 Å². The number of hydrogen-bond acceptors (Lipinski definition) is 2. The van der Waals surface area contributed by atoms with E-state index in [0.717, 1.165) is 11.3 Å². The molecule has 1 heterocycles. The molecule has 0 saturated carbocycles. The molecule has 0 unspecified atom stereocenters. The quantitative estimate of drug-likeness (QED) is 0.697. The summed E-state index contributed by atoms with van der Waals surface area (Å²) in [4.78, 5) is 4.19. The Morgan fingerprint density at radius 2 is 1.92 bits per heavy atom. The van der Waals surface area contributed by atoms with Crippen molar-refractivity contribution < 1.29 is 0 Å². The number of rotatable bonds is 1. The molecule has 0 atom stereocenters. The van der Waals surface area contributed by atoms with Crippen LogP contribution in [0.15, 0.2) is 29.6 Å². The molecule has 2 rings (SSSR count). The van der Waals surface area contributed by atoms with E-state index in [9.17, 15) is 0 Å². The maximum absolute atomic E-state index is 5.75. The van der Waals surface area contributed by atoms with Crippen molar-refractivity contribution in [2.75, 3.05) is 0 Å². The van der Waals surface area contributed by atoms with Crippen molar-refractivity contribution in [2.24, 2.45) is 0 Å². The summed E-state index contributed by atoms with van der Waals surface area (Å²) in [7, 11) is 0. The molecule has 0 amide bonds. The van der Waals surface area contributed by atoms with Crippen LogP contribution in [0, 0.1) is 6.92 Å². The first-order chi connectivity index (χ1) is 6.25. The minimum Gasteiger partial charge on any atom is -0.225 e. The van der Waals surface area contributed by atoms with Gasteiger partial charge in [-0.1, -0.05) is 41.4 Å². The predicted molar refractivity (Wildman–Crippen MR) is 57.3 cm³/mol. The van der Waals surface area contributed by atoms with E-state index in [4.69, 9.17) is 11.6 Å². The second-order valence-corrected chi connectivity index (χ2v) is 4.29. The lowest BCUT2D eigenvalue weighted by molar-refractivity contribution is 1.39. The molecule has 2 aromatic rings. The molecule has 0 aliphatic rings. The molecule has 0 bridgehead atoms. The standard InChI is InChI=1S/C10H8ClNS/c1-7-2-4-8(5-3-7)9-6-13-10(11)12-9/h2-6H,1H3.